The number of benzene rings is 2. The molecule has 0 aliphatic heterocycles. The molecule has 0 spiro atoms. The van der Waals surface area contributed by atoms with Crippen LogP contribution < -0.4 is 4.74 Å². The highest BCUT2D eigenvalue weighted by Crippen LogP contribution is 2.18. The van der Waals surface area contributed by atoms with E-state index in [4.69, 9.17) is 9.84 Å². The maximum atomic E-state index is 13.4. The Morgan fingerprint density at radius 2 is 1.80 bits per heavy atom. The predicted molar refractivity (Wildman–Crippen MR) is 75.5 cm³/mol. The van der Waals surface area contributed by atoms with E-state index in [1.54, 1.807) is 0 Å². The summed E-state index contributed by atoms with van der Waals surface area (Å²) in [5.41, 5.74) is 0.599. The zero-order valence-electron chi connectivity index (χ0n) is 11.5. The fraction of sp³-hybridized carbons (Fsp3) is 0.188. The van der Waals surface area contributed by atoms with Crippen molar-refractivity contribution in [2.75, 3.05) is 0 Å². The van der Waals surface area contributed by atoms with Crippen molar-refractivity contribution in [3.8, 4) is 5.75 Å². The Balaban J connectivity index is 0.000000956. The summed E-state index contributed by atoms with van der Waals surface area (Å²) in [5.74, 6) is -1.78. The third kappa shape index (κ3) is 4.39. The summed E-state index contributed by atoms with van der Waals surface area (Å²) in [6, 6.07) is 13.1. The molecule has 0 saturated carbocycles. The molecular formula is C16H17FO3. The van der Waals surface area contributed by atoms with Gasteiger partial charge < -0.3 is 9.84 Å². The van der Waals surface area contributed by atoms with Crippen molar-refractivity contribution in [3.63, 3.8) is 0 Å². The number of halogens is 1. The molecule has 0 fully saturated rings. The number of rotatable bonds is 4. The van der Waals surface area contributed by atoms with Crippen LogP contribution in [0.15, 0.2) is 48.5 Å². The lowest BCUT2D eigenvalue weighted by molar-refractivity contribution is 0.0692. The van der Waals surface area contributed by atoms with Crippen LogP contribution in [0.3, 0.4) is 0 Å². The summed E-state index contributed by atoms with van der Waals surface area (Å²) in [7, 11) is 0. The molecule has 2 rings (SSSR count). The Morgan fingerprint density at radius 3 is 2.35 bits per heavy atom. The SMILES string of the molecule is CC.O=C(O)c1ccc(OCc2ccccc2)cc1F. The van der Waals surface area contributed by atoms with Gasteiger partial charge >= 0.3 is 5.97 Å². The van der Waals surface area contributed by atoms with E-state index < -0.39 is 11.8 Å². The molecule has 0 amide bonds. The highest BCUT2D eigenvalue weighted by molar-refractivity contribution is 5.88. The smallest absolute Gasteiger partial charge is 0.338 e. The van der Waals surface area contributed by atoms with Crippen LogP contribution in [0.1, 0.15) is 29.8 Å². The van der Waals surface area contributed by atoms with Gasteiger partial charge in [0, 0.05) is 6.07 Å². The van der Waals surface area contributed by atoms with Crippen molar-refractivity contribution in [3.05, 3.63) is 65.5 Å². The highest BCUT2D eigenvalue weighted by atomic mass is 19.1. The first-order valence-electron chi connectivity index (χ1n) is 6.36. The van der Waals surface area contributed by atoms with Crippen molar-refractivity contribution in [1.82, 2.24) is 0 Å². The quantitative estimate of drug-likeness (QED) is 0.913. The third-order valence-corrected chi connectivity index (χ3v) is 2.42. The monoisotopic (exact) mass is 276 g/mol. The van der Waals surface area contributed by atoms with Gasteiger partial charge in [0.05, 0.1) is 5.56 Å². The number of carboxylic acid groups (broad SMARTS) is 1. The summed E-state index contributed by atoms with van der Waals surface area (Å²) >= 11 is 0. The maximum absolute atomic E-state index is 13.4. The minimum atomic E-state index is -1.29. The van der Waals surface area contributed by atoms with Crippen LogP contribution in [0.2, 0.25) is 0 Å². The molecule has 106 valence electrons. The van der Waals surface area contributed by atoms with Crippen molar-refractivity contribution in [2.24, 2.45) is 0 Å². The van der Waals surface area contributed by atoms with E-state index in [9.17, 15) is 9.18 Å². The van der Waals surface area contributed by atoms with Gasteiger partial charge in [-0.3, -0.25) is 0 Å². The fourth-order valence-corrected chi connectivity index (χ4v) is 1.50. The van der Waals surface area contributed by atoms with Crippen LogP contribution in [-0.2, 0) is 6.61 Å². The largest absolute Gasteiger partial charge is 0.489 e. The second-order valence-electron chi connectivity index (χ2n) is 3.72. The van der Waals surface area contributed by atoms with Crippen molar-refractivity contribution in [2.45, 2.75) is 20.5 Å². The molecule has 0 saturated heterocycles. The Bertz CT molecular complexity index is 553. The Hall–Kier alpha value is -2.36. The molecule has 0 heterocycles. The number of carbonyl (C=O) groups is 1. The molecule has 2 aromatic carbocycles. The Kier molecular flexibility index (Phi) is 6.23. The van der Waals surface area contributed by atoms with Gasteiger partial charge in [0.25, 0.3) is 0 Å². The second kappa shape index (κ2) is 7.94. The number of hydrogen-bond donors (Lipinski definition) is 1. The first-order valence-corrected chi connectivity index (χ1v) is 6.36. The summed E-state index contributed by atoms with van der Waals surface area (Å²) in [5, 5.41) is 8.68. The van der Waals surface area contributed by atoms with E-state index in [1.807, 2.05) is 44.2 Å². The van der Waals surface area contributed by atoms with Gasteiger partial charge in [-0.25, -0.2) is 9.18 Å². The van der Waals surface area contributed by atoms with Gasteiger partial charge in [-0.1, -0.05) is 44.2 Å². The van der Waals surface area contributed by atoms with Crippen LogP contribution in [0.25, 0.3) is 0 Å². The van der Waals surface area contributed by atoms with Gasteiger partial charge in [-0.05, 0) is 17.7 Å². The second-order valence-corrected chi connectivity index (χ2v) is 3.72. The number of carboxylic acids is 1. The van der Waals surface area contributed by atoms with Gasteiger partial charge in [-0.2, -0.15) is 0 Å². The van der Waals surface area contributed by atoms with Crippen LogP contribution in [0.4, 0.5) is 4.39 Å². The van der Waals surface area contributed by atoms with Crippen molar-refractivity contribution >= 4 is 5.97 Å². The molecule has 0 aliphatic rings. The molecule has 2 aromatic rings. The zero-order valence-corrected chi connectivity index (χ0v) is 11.5. The molecule has 0 bridgehead atoms. The molecule has 20 heavy (non-hydrogen) atoms. The van der Waals surface area contributed by atoms with Crippen LogP contribution >= 0.6 is 0 Å². The minimum absolute atomic E-state index is 0.307. The maximum Gasteiger partial charge on any atom is 0.338 e. The first-order chi connectivity index (χ1) is 9.66. The molecule has 0 radical (unpaired) electrons. The van der Waals surface area contributed by atoms with Crippen LogP contribution in [-0.4, -0.2) is 11.1 Å². The summed E-state index contributed by atoms with van der Waals surface area (Å²) < 4.78 is 18.7. The molecule has 3 nitrogen and oxygen atoms in total. The summed E-state index contributed by atoms with van der Waals surface area (Å²) in [6.07, 6.45) is 0. The predicted octanol–water partition coefficient (Wildman–Crippen LogP) is 4.13. The standard InChI is InChI=1S/C14H11FO3.C2H6/c15-13-8-11(6-7-12(13)14(16)17)18-9-10-4-2-1-3-5-10;1-2/h1-8H,9H2,(H,16,17);1-2H3. The molecular weight excluding hydrogens is 259 g/mol. The van der Waals surface area contributed by atoms with E-state index in [0.29, 0.717) is 12.4 Å². The lowest BCUT2D eigenvalue weighted by Crippen LogP contribution is -2.01. The fourth-order valence-electron chi connectivity index (χ4n) is 1.50. The van der Waals surface area contributed by atoms with E-state index >= 15 is 0 Å². The number of ether oxygens (including phenoxy) is 1. The molecule has 0 aliphatic carbocycles. The van der Waals surface area contributed by atoms with Gasteiger partial charge in [0.2, 0.25) is 0 Å². The number of aromatic carboxylic acids is 1. The minimum Gasteiger partial charge on any atom is -0.489 e. The van der Waals surface area contributed by atoms with E-state index in [-0.39, 0.29) is 5.56 Å². The zero-order chi connectivity index (χ0) is 15.0. The average Bonchev–Trinajstić information content (AvgIpc) is 2.48. The lowest BCUT2D eigenvalue weighted by atomic mass is 10.2. The third-order valence-electron chi connectivity index (χ3n) is 2.42. The molecule has 0 aromatic heterocycles. The highest BCUT2D eigenvalue weighted by Gasteiger charge is 2.10. The van der Waals surface area contributed by atoms with Gasteiger partial charge in [-0.15, -0.1) is 0 Å². The molecule has 1 N–H and O–H groups in total. The molecule has 0 unspecified atom stereocenters. The lowest BCUT2D eigenvalue weighted by Gasteiger charge is -2.07. The molecule has 0 atom stereocenters. The van der Waals surface area contributed by atoms with Gasteiger partial charge in [0.1, 0.15) is 18.2 Å². The summed E-state index contributed by atoms with van der Waals surface area (Å²) in [4.78, 5) is 10.6. The van der Waals surface area contributed by atoms with Crippen molar-refractivity contribution < 1.29 is 19.0 Å². The van der Waals surface area contributed by atoms with E-state index in [2.05, 4.69) is 0 Å². The summed E-state index contributed by atoms with van der Waals surface area (Å²) in [6.45, 7) is 4.31. The van der Waals surface area contributed by atoms with Crippen LogP contribution in [0.5, 0.6) is 5.75 Å². The normalized spacial score (nSPS) is 9.35. The Labute approximate surface area is 117 Å². The topological polar surface area (TPSA) is 46.5 Å². The molecule has 4 heteroatoms. The van der Waals surface area contributed by atoms with Crippen molar-refractivity contribution in [1.29, 1.82) is 0 Å². The first kappa shape index (κ1) is 15.7. The van der Waals surface area contributed by atoms with Gasteiger partial charge in [0.15, 0.2) is 0 Å². The number of hydrogen-bond acceptors (Lipinski definition) is 2. The average molecular weight is 276 g/mol. The Morgan fingerprint density at radius 1 is 1.15 bits per heavy atom. The van der Waals surface area contributed by atoms with E-state index in [1.165, 1.54) is 12.1 Å². The van der Waals surface area contributed by atoms with Crippen LogP contribution in [0, 0.1) is 5.82 Å². The van der Waals surface area contributed by atoms with E-state index in [0.717, 1.165) is 11.6 Å².